The maximum Gasteiger partial charge on any atom is 0.224 e. The van der Waals surface area contributed by atoms with Gasteiger partial charge in [-0.25, -0.2) is 4.98 Å². The van der Waals surface area contributed by atoms with Crippen molar-refractivity contribution in [2.24, 2.45) is 0 Å². The summed E-state index contributed by atoms with van der Waals surface area (Å²) in [6.07, 6.45) is 3.55. The first-order valence-corrected chi connectivity index (χ1v) is 9.69. The summed E-state index contributed by atoms with van der Waals surface area (Å²) >= 11 is 0. The second kappa shape index (κ2) is 7.62. The molecule has 0 unspecified atom stereocenters. The fourth-order valence-corrected chi connectivity index (χ4v) is 3.51. The third kappa shape index (κ3) is 3.52. The molecule has 0 amide bonds. The number of nitrogens with two attached hydrogens (primary N) is 1. The van der Waals surface area contributed by atoms with Gasteiger partial charge in [0, 0.05) is 23.0 Å². The summed E-state index contributed by atoms with van der Waals surface area (Å²) in [5.41, 5.74) is 13.5. The number of rotatable bonds is 5. The van der Waals surface area contributed by atoms with Crippen molar-refractivity contribution >= 4 is 28.6 Å². The van der Waals surface area contributed by atoms with Crippen molar-refractivity contribution in [1.29, 1.82) is 0 Å². The van der Waals surface area contributed by atoms with Crippen LogP contribution in [0.1, 0.15) is 27.9 Å². The maximum atomic E-state index is 6.01. The van der Waals surface area contributed by atoms with Gasteiger partial charge in [0.05, 0.1) is 25.7 Å². The molecule has 0 bridgehead atoms. The largest absolute Gasteiger partial charge is 0.496 e. The molecule has 30 heavy (non-hydrogen) atoms. The number of pyridine rings is 1. The third-order valence-corrected chi connectivity index (χ3v) is 5.32. The lowest BCUT2D eigenvalue weighted by atomic mass is 10.1. The second-order valence-corrected chi connectivity index (χ2v) is 7.45. The number of methoxy groups -OCH3 is 1. The minimum Gasteiger partial charge on any atom is -0.496 e. The quantitative estimate of drug-likeness (QED) is 0.522. The van der Waals surface area contributed by atoms with E-state index in [9.17, 15) is 0 Å². The topological polar surface area (TPSA) is 104 Å². The number of anilines is 3. The van der Waals surface area contributed by atoms with E-state index in [1.54, 1.807) is 13.4 Å². The van der Waals surface area contributed by atoms with E-state index >= 15 is 0 Å². The zero-order valence-corrected chi connectivity index (χ0v) is 17.8. The van der Waals surface area contributed by atoms with Crippen LogP contribution < -0.4 is 15.8 Å². The van der Waals surface area contributed by atoms with Gasteiger partial charge in [-0.1, -0.05) is 6.07 Å². The molecule has 0 fully saturated rings. The Kier molecular flexibility index (Phi) is 4.99. The Hall–Kier alpha value is -3.68. The Bertz CT molecular complexity index is 1250. The number of imidazole rings is 1. The molecule has 8 heteroatoms. The minimum absolute atomic E-state index is 0.182. The van der Waals surface area contributed by atoms with Crippen LogP contribution in [-0.4, -0.2) is 31.6 Å². The average Bonchev–Trinajstić information content (AvgIpc) is 3.10. The molecule has 4 rings (SSSR count). The number of nitrogens with zero attached hydrogens (tertiary/aromatic N) is 5. The number of hydrogen-bond donors (Lipinski definition) is 2. The van der Waals surface area contributed by atoms with Crippen molar-refractivity contribution in [3.63, 3.8) is 0 Å². The highest BCUT2D eigenvalue weighted by atomic mass is 16.5. The third-order valence-electron chi connectivity index (χ3n) is 5.32. The molecule has 1 aromatic carbocycles. The molecule has 0 aliphatic rings. The molecule has 0 aliphatic heterocycles. The molecule has 3 heterocycles. The SMILES string of the molecule is COc1c(C)cnc(Cn2cnc3c(Nc4ccc(C)c(C)c4)nc(N)nc32)c1C. The van der Waals surface area contributed by atoms with Gasteiger partial charge in [-0.15, -0.1) is 0 Å². The summed E-state index contributed by atoms with van der Waals surface area (Å²) in [4.78, 5) is 17.9. The van der Waals surface area contributed by atoms with Crippen molar-refractivity contribution in [3.05, 3.63) is 58.7 Å². The molecule has 154 valence electrons. The molecule has 3 N–H and O–H groups in total. The number of aromatic nitrogens is 5. The van der Waals surface area contributed by atoms with E-state index in [0.717, 1.165) is 28.3 Å². The highest BCUT2D eigenvalue weighted by Gasteiger charge is 2.16. The van der Waals surface area contributed by atoms with E-state index in [0.29, 0.717) is 23.5 Å². The zero-order valence-electron chi connectivity index (χ0n) is 17.8. The van der Waals surface area contributed by atoms with Crippen molar-refractivity contribution in [1.82, 2.24) is 24.5 Å². The minimum atomic E-state index is 0.182. The number of ether oxygens (including phenoxy) is 1. The first kappa shape index (κ1) is 19.6. The number of benzene rings is 1. The van der Waals surface area contributed by atoms with Crippen LogP contribution in [0.2, 0.25) is 0 Å². The van der Waals surface area contributed by atoms with E-state index in [-0.39, 0.29) is 5.95 Å². The highest BCUT2D eigenvalue weighted by molar-refractivity contribution is 5.86. The van der Waals surface area contributed by atoms with E-state index in [1.165, 1.54) is 11.1 Å². The van der Waals surface area contributed by atoms with Crippen LogP contribution >= 0.6 is 0 Å². The normalized spacial score (nSPS) is 11.1. The lowest BCUT2D eigenvalue weighted by Crippen LogP contribution is -2.07. The maximum absolute atomic E-state index is 6.01. The Morgan fingerprint density at radius 2 is 1.83 bits per heavy atom. The van der Waals surface area contributed by atoms with E-state index in [4.69, 9.17) is 10.5 Å². The van der Waals surface area contributed by atoms with Gasteiger partial charge >= 0.3 is 0 Å². The standard InChI is InChI=1S/C22H25N7O/c1-12-6-7-16(8-13(12)2)26-20-18-21(28-22(23)27-20)29(11-25-18)10-17-15(4)19(30-5)14(3)9-24-17/h6-9,11H,10H2,1-5H3,(H3,23,26,27,28). The van der Waals surface area contributed by atoms with Crippen LogP contribution in [0.25, 0.3) is 11.2 Å². The predicted octanol–water partition coefficient (Wildman–Crippen LogP) is 3.84. The van der Waals surface area contributed by atoms with Crippen molar-refractivity contribution in [2.45, 2.75) is 34.2 Å². The lowest BCUT2D eigenvalue weighted by molar-refractivity contribution is 0.406. The number of fused-ring (bicyclic) bond motifs is 1. The Morgan fingerprint density at radius 3 is 2.57 bits per heavy atom. The molecule has 3 aromatic heterocycles. The zero-order chi connectivity index (χ0) is 21.4. The molecule has 0 spiro atoms. The van der Waals surface area contributed by atoms with Crippen molar-refractivity contribution in [2.75, 3.05) is 18.2 Å². The van der Waals surface area contributed by atoms with E-state index < -0.39 is 0 Å². The Morgan fingerprint density at radius 1 is 1.03 bits per heavy atom. The Labute approximate surface area is 175 Å². The molecule has 8 nitrogen and oxygen atoms in total. The summed E-state index contributed by atoms with van der Waals surface area (Å²) < 4.78 is 7.44. The monoisotopic (exact) mass is 403 g/mol. The van der Waals surface area contributed by atoms with Crippen LogP contribution in [0, 0.1) is 27.7 Å². The van der Waals surface area contributed by atoms with E-state index in [1.807, 2.05) is 30.7 Å². The van der Waals surface area contributed by atoms with Crippen LogP contribution in [0.15, 0.2) is 30.7 Å². The number of nitrogens with one attached hydrogen (secondary N) is 1. The van der Waals surface area contributed by atoms with Gasteiger partial charge in [-0.05, 0) is 51.0 Å². The number of nitrogen functional groups attached to an aromatic ring is 1. The molecule has 0 aliphatic carbocycles. The number of aryl methyl sites for hydroxylation is 3. The first-order valence-electron chi connectivity index (χ1n) is 9.69. The van der Waals surface area contributed by atoms with Crippen LogP contribution in [0.3, 0.4) is 0 Å². The highest BCUT2D eigenvalue weighted by Crippen LogP contribution is 2.27. The number of hydrogen-bond acceptors (Lipinski definition) is 7. The van der Waals surface area contributed by atoms with Gasteiger partial charge in [0.2, 0.25) is 5.95 Å². The van der Waals surface area contributed by atoms with Gasteiger partial charge < -0.3 is 20.4 Å². The molecule has 0 atom stereocenters. The Balaban J connectivity index is 1.73. The molecule has 0 saturated heterocycles. The molecular weight excluding hydrogens is 378 g/mol. The predicted molar refractivity (Wildman–Crippen MR) is 118 cm³/mol. The van der Waals surface area contributed by atoms with Gasteiger partial charge in [0.1, 0.15) is 5.75 Å². The molecule has 0 saturated carbocycles. The molecular formula is C22H25N7O. The van der Waals surface area contributed by atoms with Crippen molar-refractivity contribution < 1.29 is 4.74 Å². The van der Waals surface area contributed by atoms with Gasteiger partial charge in [-0.2, -0.15) is 9.97 Å². The van der Waals surface area contributed by atoms with Crippen molar-refractivity contribution in [3.8, 4) is 5.75 Å². The fraction of sp³-hybridized carbons (Fsp3) is 0.273. The van der Waals surface area contributed by atoms with E-state index in [2.05, 4.69) is 51.2 Å². The average molecular weight is 403 g/mol. The molecule has 0 radical (unpaired) electrons. The van der Waals surface area contributed by atoms with Crippen LogP contribution in [0.4, 0.5) is 17.5 Å². The summed E-state index contributed by atoms with van der Waals surface area (Å²) in [5, 5.41) is 3.33. The first-order chi connectivity index (χ1) is 14.4. The summed E-state index contributed by atoms with van der Waals surface area (Å²) in [5.74, 6) is 1.60. The van der Waals surface area contributed by atoms with Gasteiger partial charge in [0.25, 0.3) is 0 Å². The van der Waals surface area contributed by atoms with Gasteiger partial charge in [0.15, 0.2) is 17.0 Å². The fourth-order valence-electron chi connectivity index (χ4n) is 3.51. The molecule has 4 aromatic rings. The lowest BCUT2D eigenvalue weighted by Gasteiger charge is -2.13. The smallest absolute Gasteiger partial charge is 0.224 e. The van der Waals surface area contributed by atoms with Crippen LogP contribution in [0.5, 0.6) is 5.75 Å². The van der Waals surface area contributed by atoms with Crippen LogP contribution in [-0.2, 0) is 6.54 Å². The second-order valence-electron chi connectivity index (χ2n) is 7.45. The summed E-state index contributed by atoms with van der Waals surface area (Å²) in [7, 11) is 1.67. The summed E-state index contributed by atoms with van der Waals surface area (Å²) in [6.45, 7) is 8.64. The summed E-state index contributed by atoms with van der Waals surface area (Å²) in [6, 6.07) is 6.15. The van der Waals surface area contributed by atoms with Gasteiger partial charge in [-0.3, -0.25) is 4.98 Å².